The molecule has 0 atom stereocenters. The molecule has 0 fully saturated rings. The molecular formula is C51H42IrN2OSi-2. The van der Waals surface area contributed by atoms with Crippen LogP contribution >= 0.6 is 0 Å². The average Bonchev–Trinajstić information content (AvgIpc) is 3.65. The standard InChI is InChI=1S/C27H16NO.C24H26NSi.Ir/c1-2-7-18(8-3-1)20-13-14-22-23-11-6-12-24(27(23)29-26(22)16-20)25-15-19-9-4-5-10-21(19)17-28-25;1-26(2,3)19-13-16-24(25-17-19)23-15-14-20(18-9-5-4-6-10-18)21-11-7-8-12-22(21)23;/h1-11,13-17H;4-6,9-10,13-14,16-17H,7-8,11-12H2,1-3H3;/q2*-1;/i16D;11D2,12D2;. The Morgan fingerprint density at radius 1 is 0.643 bits per heavy atom. The molecule has 1 radical (unpaired) electrons. The summed E-state index contributed by atoms with van der Waals surface area (Å²) in [4.78, 5) is 9.30. The van der Waals surface area contributed by atoms with Gasteiger partial charge < -0.3 is 14.4 Å². The summed E-state index contributed by atoms with van der Waals surface area (Å²) in [6.45, 7) is 6.79. The van der Waals surface area contributed by atoms with Gasteiger partial charge in [-0.15, -0.1) is 47.0 Å². The topological polar surface area (TPSA) is 38.9 Å². The van der Waals surface area contributed by atoms with Crippen molar-refractivity contribution < 1.29 is 31.4 Å². The maximum Gasteiger partial charge on any atom is 0.121 e. The Morgan fingerprint density at radius 3 is 2.07 bits per heavy atom. The SMILES string of the molecule is [2H]C1([2H])CCC([2H])([2H])c2c(-c3ccccc3)c[c-]c(-c3ccc([Si](C)(C)C)cn3)c21.[2H]c1c(-c2ccccc2)ccc2c1oc1c(-c3cc4ccccc4cn3)[c-]ccc12.[Ir]. The maximum atomic E-state index is 8.77. The number of rotatable bonds is 5. The summed E-state index contributed by atoms with van der Waals surface area (Å²) < 4.78 is 50.0. The van der Waals surface area contributed by atoms with Gasteiger partial charge >= 0.3 is 0 Å². The van der Waals surface area contributed by atoms with Crippen molar-refractivity contribution in [2.75, 3.05) is 0 Å². The van der Waals surface area contributed by atoms with Crippen LogP contribution in [0, 0.1) is 12.1 Å². The Morgan fingerprint density at radius 2 is 1.34 bits per heavy atom. The second-order valence-electron chi connectivity index (χ2n) is 14.8. The Hall–Kier alpha value is -5.45. The summed E-state index contributed by atoms with van der Waals surface area (Å²) in [5.74, 6) is 0. The molecule has 1 aliphatic rings. The summed E-state index contributed by atoms with van der Waals surface area (Å²) >= 11 is 0. The molecule has 56 heavy (non-hydrogen) atoms. The number of hydrogen-bond acceptors (Lipinski definition) is 3. The van der Waals surface area contributed by atoms with Crippen LogP contribution in [-0.4, -0.2) is 18.0 Å². The molecule has 0 bridgehead atoms. The number of pyridine rings is 2. The zero-order valence-corrected chi connectivity index (χ0v) is 34.8. The van der Waals surface area contributed by atoms with Crippen LogP contribution in [0.15, 0.2) is 156 Å². The molecule has 3 heterocycles. The van der Waals surface area contributed by atoms with Crippen molar-refractivity contribution in [3.63, 3.8) is 0 Å². The molecule has 3 aromatic heterocycles. The van der Waals surface area contributed by atoms with Gasteiger partial charge in [-0.2, -0.15) is 0 Å². The molecule has 0 N–H and O–H groups in total. The van der Waals surface area contributed by atoms with E-state index >= 15 is 0 Å². The maximum absolute atomic E-state index is 8.77. The van der Waals surface area contributed by atoms with Gasteiger partial charge in [0.1, 0.15) is 5.58 Å². The van der Waals surface area contributed by atoms with Crippen LogP contribution in [0.5, 0.6) is 0 Å². The van der Waals surface area contributed by atoms with Gasteiger partial charge in [0.2, 0.25) is 0 Å². The smallest absolute Gasteiger partial charge is 0.121 e. The van der Waals surface area contributed by atoms with Gasteiger partial charge in [-0.1, -0.05) is 176 Å². The summed E-state index contributed by atoms with van der Waals surface area (Å²) in [6, 6.07) is 50.5. The molecule has 6 aromatic carbocycles. The predicted octanol–water partition coefficient (Wildman–Crippen LogP) is 12.9. The largest absolute Gasteiger partial charge is 0.501 e. The van der Waals surface area contributed by atoms with Crippen LogP contribution in [0.1, 0.15) is 30.8 Å². The Bertz CT molecular complexity index is 3040. The van der Waals surface area contributed by atoms with E-state index in [9.17, 15) is 0 Å². The number of aromatic nitrogens is 2. The van der Waals surface area contributed by atoms with Gasteiger partial charge in [-0.05, 0) is 50.9 Å². The summed E-state index contributed by atoms with van der Waals surface area (Å²) in [7, 11) is -1.50. The number of nitrogens with zero attached hydrogens (tertiary/aromatic N) is 2. The van der Waals surface area contributed by atoms with Crippen LogP contribution in [0.3, 0.4) is 0 Å². The molecule has 0 amide bonds. The first-order valence-electron chi connectivity index (χ1n) is 21.2. The van der Waals surface area contributed by atoms with Gasteiger partial charge in [0.25, 0.3) is 0 Å². The van der Waals surface area contributed by atoms with Crippen molar-refractivity contribution in [1.82, 2.24) is 9.97 Å². The first-order chi connectivity index (χ1) is 28.8. The van der Waals surface area contributed by atoms with Gasteiger partial charge in [-0.3, -0.25) is 0 Å². The molecule has 10 rings (SSSR count). The third-order valence-electron chi connectivity index (χ3n) is 10.2. The summed E-state index contributed by atoms with van der Waals surface area (Å²) in [5.41, 5.74) is 8.44. The minimum atomic E-state index is -1.64. The molecule has 9 aromatic rings. The van der Waals surface area contributed by atoms with E-state index in [1.54, 1.807) is 6.07 Å². The molecule has 0 aliphatic heterocycles. The van der Waals surface area contributed by atoms with E-state index in [4.69, 9.17) is 11.3 Å². The second kappa shape index (κ2) is 16.0. The Balaban J connectivity index is 0.000000166. The molecule has 0 saturated carbocycles. The summed E-state index contributed by atoms with van der Waals surface area (Å²) in [5, 5.41) is 5.36. The van der Waals surface area contributed by atoms with E-state index in [0.29, 0.717) is 45.2 Å². The molecule has 0 saturated heterocycles. The van der Waals surface area contributed by atoms with Crippen molar-refractivity contribution in [3.8, 4) is 44.8 Å². The van der Waals surface area contributed by atoms with Crippen LogP contribution in [-0.2, 0) is 32.9 Å². The van der Waals surface area contributed by atoms with Crippen molar-refractivity contribution in [2.45, 2.75) is 45.2 Å². The first-order valence-corrected chi connectivity index (χ1v) is 22.2. The average molecular weight is 924 g/mol. The van der Waals surface area contributed by atoms with Crippen molar-refractivity contribution in [3.05, 3.63) is 175 Å². The fourth-order valence-electron chi connectivity index (χ4n) is 7.18. The monoisotopic (exact) mass is 924 g/mol. The van der Waals surface area contributed by atoms with Crippen molar-refractivity contribution >= 4 is 46.0 Å². The second-order valence-corrected chi connectivity index (χ2v) is 19.9. The van der Waals surface area contributed by atoms with Crippen LogP contribution in [0.2, 0.25) is 19.6 Å². The van der Waals surface area contributed by atoms with E-state index < -0.39 is 20.8 Å². The van der Waals surface area contributed by atoms with E-state index in [2.05, 4.69) is 66.0 Å². The third kappa shape index (κ3) is 7.43. The minimum Gasteiger partial charge on any atom is -0.501 e. The number of fused-ring (bicyclic) bond motifs is 5. The Kier molecular flexibility index (Phi) is 9.04. The zero-order chi connectivity index (χ0) is 41.8. The van der Waals surface area contributed by atoms with E-state index in [1.165, 1.54) is 5.19 Å². The van der Waals surface area contributed by atoms with Crippen molar-refractivity contribution in [1.29, 1.82) is 0 Å². The fourth-order valence-corrected chi connectivity index (χ4v) is 8.22. The molecule has 3 nitrogen and oxygen atoms in total. The quantitative estimate of drug-likeness (QED) is 0.128. The molecule has 277 valence electrons. The molecule has 0 unspecified atom stereocenters. The fraction of sp³-hybridized carbons (Fsp3) is 0.137. The zero-order valence-electron chi connectivity index (χ0n) is 36.4. The van der Waals surface area contributed by atoms with Gasteiger partial charge in [0, 0.05) is 43.4 Å². The first kappa shape index (κ1) is 31.7. The van der Waals surface area contributed by atoms with E-state index in [-0.39, 0.29) is 32.9 Å². The van der Waals surface area contributed by atoms with Gasteiger partial charge in [0.15, 0.2) is 0 Å². The number of hydrogen-bond donors (Lipinski definition) is 0. The predicted molar refractivity (Wildman–Crippen MR) is 232 cm³/mol. The Labute approximate surface area is 350 Å². The van der Waals surface area contributed by atoms with Gasteiger partial charge in [0.05, 0.1) is 15.0 Å². The number of benzene rings is 6. The van der Waals surface area contributed by atoms with E-state index in [0.717, 1.165) is 49.5 Å². The normalized spacial score (nSPS) is 15.6. The number of furan rings is 1. The van der Waals surface area contributed by atoms with E-state index in [1.807, 2.05) is 116 Å². The molecular weight excluding hydrogens is 877 g/mol. The minimum absolute atomic E-state index is 0. The van der Waals surface area contributed by atoms with Gasteiger partial charge in [-0.25, -0.2) is 0 Å². The summed E-state index contributed by atoms with van der Waals surface area (Å²) in [6.07, 6.45) is 0.797. The molecule has 0 spiro atoms. The van der Waals surface area contributed by atoms with Crippen LogP contribution in [0.4, 0.5) is 0 Å². The van der Waals surface area contributed by atoms with Crippen LogP contribution < -0.4 is 5.19 Å². The van der Waals surface area contributed by atoms with Crippen LogP contribution in [0.25, 0.3) is 77.5 Å². The molecule has 1 aliphatic carbocycles. The molecule has 5 heteroatoms. The third-order valence-corrected chi connectivity index (χ3v) is 12.2. The van der Waals surface area contributed by atoms with Crippen molar-refractivity contribution in [2.24, 2.45) is 0 Å².